The molecule has 1 atom stereocenters. The number of benzene rings is 1. The van der Waals surface area contributed by atoms with Crippen molar-refractivity contribution < 1.29 is 9.59 Å². The van der Waals surface area contributed by atoms with Crippen LogP contribution in [0.3, 0.4) is 0 Å². The first kappa shape index (κ1) is 16.6. The highest BCUT2D eigenvalue weighted by Gasteiger charge is 2.32. The zero-order valence-electron chi connectivity index (χ0n) is 12.7. The predicted octanol–water partition coefficient (Wildman–Crippen LogP) is 2.03. The number of nitrogens with one attached hydrogen (secondary N) is 1. The van der Waals surface area contributed by atoms with E-state index < -0.39 is 0 Å². The number of nitrogens with zero attached hydrogens (tertiary/aromatic N) is 2. The van der Waals surface area contributed by atoms with E-state index in [0.29, 0.717) is 41.8 Å². The van der Waals surface area contributed by atoms with E-state index in [4.69, 9.17) is 23.2 Å². The van der Waals surface area contributed by atoms with Gasteiger partial charge in [0.2, 0.25) is 5.91 Å². The minimum atomic E-state index is -0.159. The van der Waals surface area contributed by atoms with Gasteiger partial charge in [0.25, 0.3) is 5.91 Å². The van der Waals surface area contributed by atoms with Gasteiger partial charge in [-0.15, -0.1) is 0 Å². The van der Waals surface area contributed by atoms with Crippen molar-refractivity contribution >= 4 is 35.0 Å². The molecule has 0 spiro atoms. The highest BCUT2D eigenvalue weighted by molar-refractivity contribution is 6.39. The Kier molecular flexibility index (Phi) is 5.09. The fourth-order valence-electron chi connectivity index (χ4n) is 3.26. The van der Waals surface area contributed by atoms with Gasteiger partial charge in [-0.1, -0.05) is 29.3 Å². The fraction of sp³-hybridized carbons (Fsp3) is 0.500. The Balaban J connectivity index is 1.75. The second kappa shape index (κ2) is 7.07. The van der Waals surface area contributed by atoms with Gasteiger partial charge in [-0.05, 0) is 25.0 Å². The van der Waals surface area contributed by atoms with Gasteiger partial charge < -0.3 is 15.1 Å². The van der Waals surface area contributed by atoms with Crippen LogP contribution in [0.2, 0.25) is 10.0 Å². The lowest BCUT2D eigenvalue weighted by atomic mass is 10.0. The van der Waals surface area contributed by atoms with Crippen molar-refractivity contribution in [1.82, 2.24) is 15.1 Å². The van der Waals surface area contributed by atoms with E-state index in [1.807, 2.05) is 4.90 Å². The molecule has 2 aliphatic rings. The van der Waals surface area contributed by atoms with E-state index in [9.17, 15) is 9.59 Å². The molecule has 1 N–H and O–H groups in total. The summed E-state index contributed by atoms with van der Waals surface area (Å²) in [6.07, 6.45) is 1.79. The van der Waals surface area contributed by atoms with E-state index in [1.54, 1.807) is 23.1 Å². The van der Waals surface area contributed by atoms with Crippen molar-refractivity contribution in [1.29, 1.82) is 0 Å². The summed E-state index contributed by atoms with van der Waals surface area (Å²) < 4.78 is 0. The van der Waals surface area contributed by atoms with Gasteiger partial charge in [-0.3, -0.25) is 9.59 Å². The number of piperazine rings is 1. The smallest absolute Gasteiger partial charge is 0.256 e. The lowest BCUT2D eigenvalue weighted by Crippen LogP contribution is -2.57. The van der Waals surface area contributed by atoms with Crippen LogP contribution in [0.4, 0.5) is 0 Å². The maximum absolute atomic E-state index is 12.8. The number of carbonyl (C=O) groups excluding carboxylic acids is 2. The minimum Gasteiger partial charge on any atom is -0.336 e. The molecule has 2 amide bonds. The largest absolute Gasteiger partial charge is 0.336 e. The van der Waals surface area contributed by atoms with Gasteiger partial charge in [0, 0.05) is 32.2 Å². The average Bonchev–Trinajstić information content (AvgIpc) is 2.55. The zero-order valence-corrected chi connectivity index (χ0v) is 14.2. The Morgan fingerprint density at radius 2 is 1.96 bits per heavy atom. The number of piperidine rings is 1. The first-order valence-electron chi connectivity index (χ1n) is 7.81. The Morgan fingerprint density at radius 3 is 2.65 bits per heavy atom. The van der Waals surface area contributed by atoms with E-state index >= 15 is 0 Å². The van der Waals surface area contributed by atoms with Crippen molar-refractivity contribution in [3.8, 4) is 0 Å². The van der Waals surface area contributed by atoms with Crippen LogP contribution in [0.15, 0.2) is 18.2 Å². The zero-order chi connectivity index (χ0) is 16.4. The molecule has 2 fully saturated rings. The third kappa shape index (κ3) is 3.47. The van der Waals surface area contributed by atoms with Crippen LogP contribution < -0.4 is 5.32 Å². The summed E-state index contributed by atoms with van der Waals surface area (Å²) in [4.78, 5) is 28.5. The van der Waals surface area contributed by atoms with Crippen LogP contribution in [0, 0.1) is 0 Å². The molecule has 1 aromatic carbocycles. The quantitative estimate of drug-likeness (QED) is 0.882. The highest BCUT2D eigenvalue weighted by atomic mass is 35.5. The van der Waals surface area contributed by atoms with Gasteiger partial charge in [-0.25, -0.2) is 0 Å². The first-order valence-corrected chi connectivity index (χ1v) is 8.57. The van der Waals surface area contributed by atoms with Crippen LogP contribution in [-0.2, 0) is 4.79 Å². The number of hydrogen-bond acceptors (Lipinski definition) is 3. The summed E-state index contributed by atoms with van der Waals surface area (Å²) >= 11 is 12.3. The van der Waals surface area contributed by atoms with E-state index in [2.05, 4.69) is 5.32 Å². The van der Waals surface area contributed by atoms with Crippen LogP contribution >= 0.6 is 23.2 Å². The number of hydrogen-bond donors (Lipinski definition) is 1. The molecule has 0 aromatic heterocycles. The second-order valence-corrected chi connectivity index (χ2v) is 6.72. The minimum absolute atomic E-state index is 0.0727. The SMILES string of the molecule is O=C(c1c(Cl)cccc1Cl)N1CCCC(N2CCNCC2=O)C1. The summed E-state index contributed by atoms with van der Waals surface area (Å²) in [5.41, 5.74) is 0.350. The molecule has 1 aromatic rings. The molecule has 5 nitrogen and oxygen atoms in total. The van der Waals surface area contributed by atoms with Crippen molar-refractivity contribution in [3.05, 3.63) is 33.8 Å². The van der Waals surface area contributed by atoms with Gasteiger partial charge in [-0.2, -0.15) is 0 Å². The monoisotopic (exact) mass is 355 g/mol. The second-order valence-electron chi connectivity index (χ2n) is 5.91. The van der Waals surface area contributed by atoms with Gasteiger partial charge in [0.15, 0.2) is 0 Å². The molecule has 0 saturated carbocycles. The van der Waals surface area contributed by atoms with Crippen molar-refractivity contribution in [2.75, 3.05) is 32.7 Å². The molecular formula is C16H19Cl2N3O2. The molecule has 0 aliphatic carbocycles. The molecule has 0 radical (unpaired) electrons. The maximum atomic E-state index is 12.8. The van der Waals surface area contributed by atoms with Crippen molar-refractivity contribution in [3.63, 3.8) is 0 Å². The lowest BCUT2D eigenvalue weighted by molar-refractivity contribution is -0.135. The number of amides is 2. The summed E-state index contributed by atoms with van der Waals surface area (Å²) in [5, 5.41) is 3.80. The topological polar surface area (TPSA) is 52.7 Å². The van der Waals surface area contributed by atoms with Gasteiger partial charge in [0.05, 0.1) is 22.2 Å². The van der Waals surface area contributed by atoms with E-state index in [1.165, 1.54) is 0 Å². The van der Waals surface area contributed by atoms with Crippen molar-refractivity contribution in [2.24, 2.45) is 0 Å². The van der Waals surface area contributed by atoms with Crippen LogP contribution in [0.1, 0.15) is 23.2 Å². The number of carbonyl (C=O) groups is 2. The molecule has 3 rings (SSSR count). The summed E-state index contributed by atoms with van der Waals surface area (Å²) in [6, 6.07) is 5.13. The average molecular weight is 356 g/mol. The van der Waals surface area contributed by atoms with Crippen LogP contribution in [-0.4, -0.2) is 60.4 Å². The Hall–Kier alpha value is -1.30. The molecule has 2 heterocycles. The summed E-state index contributed by atoms with van der Waals surface area (Å²) in [6.45, 7) is 3.06. The number of halogens is 2. The summed E-state index contributed by atoms with van der Waals surface area (Å²) in [5.74, 6) is -0.0563. The third-order valence-electron chi connectivity index (χ3n) is 4.43. The van der Waals surface area contributed by atoms with Gasteiger partial charge >= 0.3 is 0 Å². The molecule has 2 saturated heterocycles. The molecule has 2 aliphatic heterocycles. The lowest BCUT2D eigenvalue weighted by Gasteiger charge is -2.41. The Morgan fingerprint density at radius 1 is 1.22 bits per heavy atom. The molecular weight excluding hydrogens is 337 g/mol. The fourth-order valence-corrected chi connectivity index (χ4v) is 3.82. The molecule has 7 heteroatoms. The van der Waals surface area contributed by atoms with Crippen LogP contribution in [0.25, 0.3) is 0 Å². The molecule has 1 unspecified atom stereocenters. The van der Waals surface area contributed by atoms with Crippen molar-refractivity contribution in [2.45, 2.75) is 18.9 Å². The normalized spacial score (nSPS) is 22.3. The Bertz CT molecular complexity index is 603. The first-order chi connectivity index (χ1) is 11.1. The van der Waals surface area contributed by atoms with E-state index in [0.717, 1.165) is 19.4 Å². The van der Waals surface area contributed by atoms with Gasteiger partial charge in [0.1, 0.15) is 0 Å². The third-order valence-corrected chi connectivity index (χ3v) is 5.06. The molecule has 0 bridgehead atoms. The standard InChI is InChI=1S/C16H19Cl2N3O2/c17-12-4-1-5-13(18)15(12)16(23)20-7-2-3-11(10-20)21-8-6-19-9-14(21)22/h1,4-5,11,19H,2-3,6-10H2. The Labute approximate surface area is 145 Å². The maximum Gasteiger partial charge on any atom is 0.256 e. The molecule has 23 heavy (non-hydrogen) atoms. The van der Waals surface area contributed by atoms with E-state index in [-0.39, 0.29) is 17.9 Å². The predicted molar refractivity (Wildman–Crippen MR) is 90.0 cm³/mol. The number of rotatable bonds is 2. The molecule has 124 valence electrons. The van der Waals surface area contributed by atoms with Crippen LogP contribution in [0.5, 0.6) is 0 Å². The summed E-state index contributed by atoms with van der Waals surface area (Å²) in [7, 11) is 0. The highest BCUT2D eigenvalue weighted by Crippen LogP contribution is 2.27. The number of likely N-dealkylation sites (tertiary alicyclic amines) is 1.